The second-order valence-electron chi connectivity index (χ2n) is 4.32. The molecule has 1 unspecified atom stereocenters. The largest absolute Gasteiger partial charge is 0.359 e. The van der Waals surface area contributed by atoms with Crippen LogP contribution < -0.4 is 10.9 Å². The lowest BCUT2D eigenvalue weighted by Gasteiger charge is -2.23. The van der Waals surface area contributed by atoms with Gasteiger partial charge in [-0.05, 0) is 25.3 Å². The van der Waals surface area contributed by atoms with Gasteiger partial charge in [0.15, 0.2) is 0 Å². The highest BCUT2D eigenvalue weighted by atomic mass is 16.5. The van der Waals surface area contributed by atoms with Gasteiger partial charge in [-0.3, -0.25) is 4.79 Å². The lowest BCUT2D eigenvalue weighted by molar-refractivity contribution is 0.0338. The number of H-pyrrole nitrogens is 1. The van der Waals surface area contributed by atoms with Crippen LogP contribution in [-0.2, 0) is 4.74 Å². The van der Waals surface area contributed by atoms with Gasteiger partial charge in [-0.15, -0.1) is 0 Å². The van der Waals surface area contributed by atoms with Crippen molar-refractivity contribution < 1.29 is 4.74 Å². The fourth-order valence-corrected chi connectivity index (χ4v) is 2.01. The lowest BCUT2D eigenvalue weighted by Crippen LogP contribution is -2.28. The summed E-state index contributed by atoms with van der Waals surface area (Å²) >= 11 is 0. The van der Waals surface area contributed by atoms with Crippen LogP contribution in [0, 0.1) is 0 Å². The van der Waals surface area contributed by atoms with E-state index in [9.17, 15) is 4.79 Å². The Balaban J connectivity index is 1.85. The van der Waals surface area contributed by atoms with E-state index >= 15 is 0 Å². The van der Waals surface area contributed by atoms with E-state index in [0.29, 0.717) is 11.6 Å². The van der Waals surface area contributed by atoms with Crippen LogP contribution in [0.1, 0.15) is 19.3 Å². The number of pyridine rings is 1. The first-order chi connectivity index (χ1) is 8.81. The third kappa shape index (κ3) is 2.33. The number of fused-ring (bicyclic) bond motifs is 1. The van der Waals surface area contributed by atoms with E-state index in [1.807, 2.05) is 0 Å². The minimum absolute atomic E-state index is 0.0355. The van der Waals surface area contributed by atoms with Crippen LogP contribution in [0.2, 0.25) is 0 Å². The van der Waals surface area contributed by atoms with Crippen LogP contribution in [0.15, 0.2) is 23.1 Å². The maximum atomic E-state index is 11.2. The molecule has 0 radical (unpaired) electrons. The van der Waals surface area contributed by atoms with Crippen molar-refractivity contribution in [1.29, 1.82) is 0 Å². The van der Waals surface area contributed by atoms with Crippen LogP contribution in [0.4, 0.5) is 5.95 Å². The Bertz CT molecular complexity index is 604. The molecule has 18 heavy (non-hydrogen) atoms. The number of rotatable bonds is 2. The predicted octanol–water partition coefficient (Wildman–Crippen LogP) is 1.26. The number of hydrogen-bond acceptors (Lipinski definition) is 5. The monoisotopic (exact) mass is 246 g/mol. The maximum absolute atomic E-state index is 11.2. The van der Waals surface area contributed by atoms with Crippen molar-refractivity contribution in [1.82, 2.24) is 15.0 Å². The van der Waals surface area contributed by atoms with Crippen molar-refractivity contribution in [3.8, 4) is 0 Å². The SMILES string of the molecule is O=c1ccc2cnc(NC3CCCCO3)nc2[nH]1. The van der Waals surface area contributed by atoms with E-state index in [1.54, 1.807) is 12.3 Å². The van der Waals surface area contributed by atoms with Gasteiger partial charge < -0.3 is 15.0 Å². The Hall–Kier alpha value is -1.95. The van der Waals surface area contributed by atoms with E-state index in [1.165, 1.54) is 6.07 Å². The van der Waals surface area contributed by atoms with Crippen molar-refractivity contribution in [2.75, 3.05) is 11.9 Å². The van der Waals surface area contributed by atoms with Gasteiger partial charge >= 0.3 is 0 Å². The van der Waals surface area contributed by atoms with Gasteiger partial charge in [0, 0.05) is 24.3 Å². The van der Waals surface area contributed by atoms with E-state index in [4.69, 9.17) is 4.74 Å². The van der Waals surface area contributed by atoms with Crippen LogP contribution in [0.25, 0.3) is 11.0 Å². The zero-order valence-electron chi connectivity index (χ0n) is 9.85. The summed E-state index contributed by atoms with van der Waals surface area (Å²) in [5.41, 5.74) is 0.372. The molecule has 0 aromatic carbocycles. The van der Waals surface area contributed by atoms with Gasteiger partial charge in [0.05, 0.1) is 0 Å². The molecule has 1 aliphatic heterocycles. The Morgan fingerprint density at radius 2 is 2.33 bits per heavy atom. The second kappa shape index (κ2) is 4.73. The molecule has 3 rings (SSSR count). The first-order valence-corrected chi connectivity index (χ1v) is 6.05. The molecule has 1 saturated heterocycles. The molecular weight excluding hydrogens is 232 g/mol. The topological polar surface area (TPSA) is 79.9 Å². The van der Waals surface area contributed by atoms with E-state index < -0.39 is 0 Å². The molecule has 0 bridgehead atoms. The highest BCUT2D eigenvalue weighted by Crippen LogP contribution is 2.15. The third-order valence-electron chi connectivity index (χ3n) is 2.94. The molecule has 2 aromatic rings. The summed E-state index contributed by atoms with van der Waals surface area (Å²) in [5, 5.41) is 3.94. The molecule has 1 atom stereocenters. The van der Waals surface area contributed by atoms with E-state index in [-0.39, 0.29) is 11.8 Å². The molecule has 94 valence electrons. The van der Waals surface area contributed by atoms with Crippen LogP contribution in [0.5, 0.6) is 0 Å². The van der Waals surface area contributed by atoms with Gasteiger partial charge in [0.1, 0.15) is 11.9 Å². The maximum Gasteiger partial charge on any atom is 0.249 e. The number of nitrogens with zero attached hydrogens (tertiary/aromatic N) is 2. The quantitative estimate of drug-likeness (QED) is 0.833. The number of aromatic amines is 1. The molecule has 1 fully saturated rings. The van der Waals surface area contributed by atoms with Crippen molar-refractivity contribution in [3.63, 3.8) is 0 Å². The van der Waals surface area contributed by atoms with E-state index in [0.717, 1.165) is 31.3 Å². The van der Waals surface area contributed by atoms with Crippen molar-refractivity contribution >= 4 is 17.0 Å². The van der Waals surface area contributed by atoms with Crippen molar-refractivity contribution in [2.45, 2.75) is 25.5 Å². The molecule has 6 nitrogen and oxygen atoms in total. The van der Waals surface area contributed by atoms with Gasteiger partial charge in [-0.1, -0.05) is 0 Å². The summed E-state index contributed by atoms with van der Waals surface area (Å²) in [5.74, 6) is 0.483. The summed E-state index contributed by atoms with van der Waals surface area (Å²) in [6.07, 6.45) is 4.84. The number of ether oxygens (including phenoxy) is 1. The summed E-state index contributed by atoms with van der Waals surface area (Å²) in [6.45, 7) is 0.766. The molecular formula is C12H14N4O2. The highest BCUT2D eigenvalue weighted by molar-refractivity contribution is 5.74. The van der Waals surface area contributed by atoms with Crippen LogP contribution in [-0.4, -0.2) is 27.8 Å². The smallest absolute Gasteiger partial charge is 0.249 e. The number of hydrogen-bond donors (Lipinski definition) is 2. The molecule has 0 aliphatic carbocycles. The van der Waals surface area contributed by atoms with Crippen LogP contribution in [0.3, 0.4) is 0 Å². The van der Waals surface area contributed by atoms with Crippen molar-refractivity contribution in [3.05, 3.63) is 28.7 Å². The Kier molecular flexibility index (Phi) is 2.93. The fourth-order valence-electron chi connectivity index (χ4n) is 2.01. The van der Waals surface area contributed by atoms with Gasteiger partial charge in [0.25, 0.3) is 0 Å². The second-order valence-corrected chi connectivity index (χ2v) is 4.32. The zero-order chi connectivity index (χ0) is 12.4. The standard InChI is InChI=1S/C12H14N4O2/c17-9-5-4-8-7-13-12(16-11(8)14-9)15-10-3-1-2-6-18-10/h4-5,7,10H,1-3,6H2,(H2,13,14,15,16,17). The first kappa shape index (κ1) is 11.2. The lowest BCUT2D eigenvalue weighted by atomic mass is 10.2. The van der Waals surface area contributed by atoms with Gasteiger partial charge in [-0.2, -0.15) is 4.98 Å². The normalized spacial score (nSPS) is 19.9. The van der Waals surface area contributed by atoms with Crippen molar-refractivity contribution in [2.24, 2.45) is 0 Å². The van der Waals surface area contributed by atoms with E-state index in [2.05, 4.69) is 20.3 Å². The summed E-state index contributed by atoms with van der Waals surface area (Å²) in [6, 6.07) is 3.16. The average Bonchev–Trinajstić information content (AvgIpc) is 2.39. The molecule has 2 aromatic heterocycles. The number of nitrogens with one attached hydrogen (secondary N) is 2. The molecule has 3 heterocycles. The summed E-state index contributed by atoms with van der Waals surface area (Å²) in [7, 11) is 0. The minimum Gasteiger partial charge on any atom is -0.359 e. The highest BCUT2D eigenvalue weighted by Gasteiger charge is 2.14. The third-order valence-corrected chi connectivity index (χ3v) is 2.94. The average molecular weight is 246 g/mol. The molecule has 0 spiro atoms. The van der Waals surface area contributed by atoms with Gasteiger partial charge in [0.2, 0.25) is 11.5 Å². The predicted molar refractivity (Wildman–Crippen MR) is 67.4 cm³/mol. The Labute approximate surface area is 103 Å². The Morgan fingerprint density at radius 3 is 3.17 bits per heavy atom. The van der Waals surface area contributed by atoms with Crippen LogP contribution >= 0.6 is 0 Å². The molecule has 1 aliphatic rings. The number of aromatic nitrogens is 3. The number of anilines is 1. The first-order valence-electron chi connectivity index (χ1n) is 6.05. The molecule has 0 saturated carbocycles. The van der Waals surface area contributed by atoms with Gasteiger partial charge in [-0.25, -0.2) is 4.98 Å². The minimum atomic E-state index is -0.166. The Morgan fingerprint density at radius 1 is 1.39 bits per heavy atom. The molecule has 6 heteroatoms. The summed E-state index contributed by atoms with van der Waals surface area (Å²) < 4.78 is 5.55. The molecule has 0 amide bonds. The summed E-state index contributed by atoms with van der Waals surface area (Å²) in [4.78, 5) is 22.4. The molecule has 2 N–H and O–H groups in total. The fraction of sp³-hybridized carbons (Fsp3) is 0.417. The zero-order valence-corrected chi connectivity index (χ0v) is 9.85.